The van der Waals surface area contributed by atoms with Crippen LogP contribution in [0.5, 0.6) is 0 Å². The van der Waals surface area contributed by atoms with Gasteiger partial charge in [0.15, 0.2) is 0 Å². The summed E-state index contributed by atoms with van der Waals surface area (Å²) in [6, 6.07) is 11.1. The molecule has 4 heteroatoms. The van der Waals surface area contributed by atoms with Crippen molar-refractivity contribution in [3.63, 3.8) is 0 Å². The van der Waals surface area contributed by atoms with Crippen molar-refractivity contribution in [3.05, 3.63) is 52.7 Å². The van der Waals surface area contributed by atoms with Crippen LogP contribution in [-0.4, -0.2) is 29.1 Å². The van der Waals surface area contributed by atoms with E-state index >= 15 is 0 Å². The Morgan fingerprint density at radius 2 is 1.86 bits per heavy atom. The summed E-state index contributed by atoms with van der Waals surface area (Å²) in [5.74, 6) is 0. The number of nitrogens with zero attached hydrogens (tertiary/aromatic N) is 3. The SMILES string of the molecule is N#Cc1ccc2ccc(=O)n(CCN3CC[CH]CC3)c2c1. The zero-order valence-corrected chi connectivity index (χ0v) is 12.0. The van der Waals surface area contributed by atoms with E-state index < -0.39 is 0 Å². The van der Waals surface area contributed by atoms with Gasteiger partial charge in [0.1, 0.15) is 0 Å². The summed E-state index contributed by atoms with van der Waals surface area (Å²) in [6.45, 7) is 3.70. The zero-order valence-electron chi connectivity index (χ0n) is 12.0. The van der Waals surface area contributed by atoms with Gasteiger partial charge in [0, 0.05) is 19.2 Å². The highest BCUT2D eigenvalue weighted by molar-refractivity contribution is 5.80. The summed E-state index contributed by atoms with van der Waals surface area (Å²) < 4.78 is 1.79. The maximum absolute atomic E-state index is 12.2. The third-order valence-corrected chi connectivity index (χ3v) is 4.06. The minimum Gasteiger partial charge on any atom is -0.307 e. The van der Waals surface area contributed by atoms with E-state index in [4.69, 9.17) is 5.26 Å². The van der Waals surface area contributed by atoms with Crippen molar-refractivity contribution < 1.29 is 0 Å². The number of piperidine rings is 1. The van der Waals surface area contributed by atoms with Gasteiger partial charge in [0.25, 0.3) is 5.56 Å². The Hall–Kier alpha value is -2.12. The molecule has 0 atom stereocenters. The molecule has 1 radical (unpaired) electrons. The molecule has 0 N–H and O–H groups in total. The molecule has 107 valence electrons. The van der Waals surface area contributed by atoms with Gasteiger partial charge in [0.05, 0.1) is 17.1 Å². The molecule has 1 aromatic heterocycles. The van der Waals surface area contributed by atoms with Gasteiger partial charge in [0.2, 0.25) is 0 Å². The summed E-state index contributed by atoms with van der Waals surface area (Å²) in [5.41, 5.74) is 1.45. The van der Waals surface area contributed by atoms with Crippen LogP contribution >= 0.6 is 0 Å². The fraction of sp³-hybridized carbons (Fsp3) is 0.353. The predicted molar refractivity (Wildman–Crippen MR) is 82.9 cm³/mol. The molecule has 4 nitrogen and oxygen atoms in total. The first-order chi connectivity index (χ1) is 10.3. The predicted octanol–water partition coefficient (Wildman–Crippen LogP) is 2.17. The fourth-order valence-electron chi connectivity index (χ4n) is 2.86. The van der Waals surface area contributed by atoms with Gasteiger partial charge in [-0.3, -0.25) is 4.79 Å². The summed E-state index contributed by atoms with van der Waals surface area (Å²) in [6.07, 6.45) is 4.58. The molecule has 21 heavy (non-hydrogen) atoms. The topological polar surface area (TPSA) is 49.0 Å². The number of benzene rings is 1. The Balaban J connectivity index is 1.90. The van der Waals surface area contributed by atoms with E-state index in [0.29, 0.717) is 12.1 Å². The zero-order chi connectivity index (χ0) is 14.7. The number of hydrogen-bond acceptors (Lipinski definition) is 3. The van der Waals surface area contributed by atoms with Gasteiger partial charge < -0.3 is 9.47 Å². The Kier molecular flexibility index (Phi) is 4.03. The van der Waals surface area contributed by atoms with Crippen LogP contribution in [-0.2, 0) is 6.54 Å². The number of likely N-dealkylation sites (tertiary alicyclic amines) is 1. The molecule has 0 unspecified atom stereocenters. The third-order valence-electron chi connectivity index (χ3n) is 4.06. The van der Waals surface area contributed by atoms with Gasteiger partial charge in [-0.15, -0.1) is 0 Å². The molecular formula is C17H18N3O. The van der Waals surface area contributed by atoms with Crippen LogP contribution in [0.4, 0.5) is 0 Å². The van der Waals surface area contributed by atoms with Crippen LogP contribution in [0.3, 0.4) is 0 Å². The molecule has 0 bridgehead atoms. The van der Waals surface area contributed by atoms with Crippen molar-refractivity contribution in [2.24, 2.45) is 0 Å². The van der Waals surface area contributed by atoms with E-state index in [0.717, 1.165) is 43.4 Å². The summed E-state index contributed by atoms with van der Waals surface area (Å²) in [4.78, 5) is 14.5. The molecule has 2 aromatic rings. The second kappa shape index (κ2) is 6.11. The summed E-state index contributed by atoms with van der Waals surface area (Å²) in [7, 11) is 0. The molecule has 2 heterocycles. The highest BCUT2D eigenvalue weighted by Gasteiger charge is 2.11. The van der Waals surface area contributed by atoms with Crippen molar-refractivity contribution in [3.8, 4) is 6.07 Å². The van der Waals surface area contributed by atoms with E-state index in [1.165, 1.54) is 0 Å². The van der Waals surface area contributed by atoms with Crippen LogP contribution in [0.1, 0.15) is 18.4 Å². The molecule has 0 amide bonds. The lowest BCUT2D eigenvalue weighted by atomic mass is 10.1. The Morgan fingerprint density at radius 3 is 2.62 bits per heavy atom. The molecule has 1 fully saturated rings. The average Bonchev–Trinajstić information content (AvgIpc) is 2.54. The van der Waals surface area contributed by atoms with Crippen LogP contribution < -0.4 is 5.56 Å². The molecule has 1 aliphatic heterocycles. The van der Waals surface area contributed by atoms with Crippen molar-refractivity contribution in [1.82, 2.24) is 9.47 Å². The van der Waals surface area contributed by atoms with E-state index in [2.05, 4.69) is 17.4 Å². The van der Waals surface area contributed by atoms with Gasteiger partial charge in [-0.1, -0.05) is 6.07 Å². The normalized spacial score (nSPS) is 16.0. The maximum Gasteiger partial charge on any atom is 0.251 e. The summed E-state index contributed by atoms with van der Waals surface area (Å²) >= 11 is 0. The Labute approximate surface area is 124 Å². The molecule has 0 spiro atoms. The molecule has 0 aliphatic carbocycles. The minimum atomic E-state index is 0.00108. The molecular weight excluding hydrogens is 262 g/mol. The smallest absolute Gasteiger partial charge is 0.251 e. The highest BCUT2D eigenvalue weighted by atomic mass is 16.1. The second-order valence-corrected chi connectivity index (χ2v) is 5.42. The van der Waals surface area contributed by atoms with Gasteiger partial charge in [-0.25, -0.2) is 0 Å². The van der Waals surface area contributed by atoms with Crippen molar-refractivity contribution in [2.75, 3.05) is 19.6 Å². The first kappa shape index (κ1) is 13.8. The average molecular weight is 280 g/mol. The number of pyridine rings is 1. The fourth-order valence-corrected chi connectivity index (χ4v) is 2.86. The maximum atomic E-state index is 12.2. The molecule has 0 saturated carbocycles. The van der Waals surface area contributed by atoms with Crippen LogP contribution in [0.2, 0.25) is 0 Å². The number of fused-ring (bicyclic) bond motifs is 1. The van der Waals surface area contributed by atoms with Crippen LogP contribution in [0.15, 0.2) is 35.1 Å². The van der Waals surface area contributed by atoms with Gasteiger partial charge in [-0.05, 0) is 55.9 Å². The summed E-state index contributed by atoms with van der Waals surface area (Å²) in [5, 5.41) is 10.0. The second-order valence-electron chi connectivity index (χ2n) is 5.42. The van der Waals surface area contributed by atoms with E-state index in [1.54, 1.807) is 22.8 Å². The monoisotopic (exact) mass is 280 g/mol. The van der Waals surface area contributed by atoms with Gasteiger partial charge in [-0.2, -0.15) is 5.26 Å². The molecule has 1 saturated heterocycles. The third kappa shape index (κ3) is 2.98. The largest absolute Gasteiger partial charge is 0.307 e. The minimum absolute atomic E-state index is 0.00108. The number of nitriles is 1. The first-order valence-electron chi connectivity index (χ1n) is 7.36. The lowest BCUT2D eigenvalue weighted by Crippen LogP contribution is -2.34. The Bertz CT molecular complexity index is 736. The van der Waals surface area contributed by atoms with E-state index in [-0.39, 0.29) is 5.56 Å². The Morgan fingerprint density at radius 1 is 1.10 bits per heavy atom. The van der Waals surface area contributed by atoms with Crippen molar-refractivity contribution in [2.45, 2.75) is 19.4 Å². The number of rotatable bonds is 3. The van der Waals surface area contributed by atoms with E-state index in [9.17, 15) is 4.79 Å². The lowest BCUT2D eigenvalue weighted by molar-refractivity contribution is 0.245. The van der Waals surface area contributed by atoms with Gasteiger partial charge >= 0.3 is 0 Å². The van der Waals surface area contributed by atoms with E-state index in [1.807, 2.05) is 12.1 Å². The molecule has 1 aliphatic rings. The lowest BCUT2D eigenvalue weighted by Gasteiger charge is -2.26. The molecule has 3 rings (SSSR count). The van der Waals surface area contributed by atoms with Crippen molar-refractivity contribution >= 4 is 10.9 Å². The first-order valence-corrected chi connectivity index (χ1v) is 7.36. The standard InChI is InChI=1S/C17H18N3O/c18-13-14-4-5-15-6-7-17(21)20(16(15)12-14)11-10-19-8-2-1-3-9-19/h1,4-7,12H,2-3,8-11H2. The quantitative estimate of drug-likeness (QED) is 0.865. The highest BCUT2D eigenvalue weighted by Crippen LogP contribution is 2.14. The number of aromatic nitrogens is 1. The van der Waals surface area contributed by atoms with Crippen LogP contribution in [0, 0.1) is 17.8 Å². The van der Waals surface area contributed by atoms with Crippen molar-refractivity contribution in [1.29, 1.82) is 5.26 Å². The number of hydrogen-bond donors (Lipinski definition) is 0. The molecule has 1 aromatic carbocycles. The van der Waals surface area contributed by atoms with Crippen LogP contribution in [0.25, 0.3) is 10.9 Å².